The maximum atomic E-state index is 11.8. The zero-order chi connectivity index (χ0) is 12.8. The molecule has 1 aromatic heterocycles. The van der Waals surface area contributed by atoms with E-state index in [0.717, 1.165) is 11.5 Å². The third-order valence-corrected chi connectivity index (χ3v) is 2.43. The molecule has 94 valence electrons. The Morgan fingerprint density at radius 2 is 2.11 bits per heavy atom. The van der Waals surface area contributed by atoms with Gasteiger partial charge in [0.15, 0.2) is 0 Å². The van der Waals surface area contributed by atoms with Gasteiger partial charge in [-0.15, -0.1) is 0 Å². The van der Waals surface area contributed by atoms with Crippen LogP contribution in [0.4, 0.5) is 5.69 Å². The molecule has 1 aromatic carbocycles. The molecule has 7 heteroatoms. The summed E-state index contributed by atoms with van der Waals surface area (Å²) in [5, 5.41) is 9.26. The Morgan fingerprint density at radius 3 is 2.72 bits per heavy atom. The summed E-state index contributed by atoms with van der Waals surface area (Å²) >= 11 is 0. The third-order valence-electron chi connectivity index (χ3n) is 2.43. The molecule has 18 heavy (non-hydrogen) atoms. The molecule has 5 N–H and O–H groups in total. The van der Waals surface area contributed by atoms with E-state index in [1.165, 1.54) is 6.33 Å². The molecule has 7 nitrogen and oxygen atoms in total. The van der Waals surface area contributed by atoms with E-state index in [4.69, 9.17) is 5.84 Å². The van der Waals surface area contributed by atoms with Crippen molar-refractivity contribution in [2.24, 2.45) is 5.84 Å². The monoisotopic (exact) mass is 246 g/mol. The van der Waals surface area contributed by atoms with E-state index in [-0.39, 0.29) is 5.91 Å². The van der Waals surface area contributed by atoms with E-state index in [2.05, 4.69) is 25.9 Å². The second-order valence-electron chi connectivity index (χ2n) is 3.66. The highest BCUT2D eigenvalue weighted by molar-refractivity contribution is 5.94. The fourth-order valence-electron chi connectivity index (χ4n) is 1.47. The maximum Gasteiger partial charge on any atom is 0.251 e. The highest BCUT2D eigenvalue weighted by atomic mass is 16.1. The minimum Gasteiger partial charge on any atom is -0.352 e. The summed E-state index contributed by atoms with van der Waals surface area (Å²) in [4.78, 5) is 15.7. The lowest BCUT2D eigenvalue weighted by Crippen LogP contribution is -2.25. The zero-order valence-corrected chi connectivity index (χ0v) is 9.68. The fourth-order valence-corrected chi connectivity index (χ4v) is 1.47. The van der Waals surface area contributed by atoms with Crippen molar-refractivity contribution in [1.82, 2.24) is 20.5 Å². The predicted molar refractivity (Wildman–Crippen MR) is 66.7 cm³/mol. The highest BCUT2D eigenvalue weighted by Gasteiger charge is 2.04. The smallest absolute Gasteiger partial charge is 0.251 e. The summed E-state index contributed by atoms with van der Waals surface area (Å²) in [6.45, 7) is 0.505. The van der Waals surface area contributed by atoms with Crippen LogP contribution in [-0.4, -0.2) is 27.6 Å². The van der Waals surface area contributed by atoms with Gasteiger partial charge in [-0.05, 0) is 24.3 Å². The predicted octanol–water partition coefficient (Wildman–Crippen LogP) is 0.0628. The molecule has 1 heterocycles. The van der Waals surface area contributed by atoms with Crippen LogP contribution in [0.2, 0.25) is 0 Å². The minimum atomic E-state index is -0.127. The number of anilines is 1. The quantitative estimate of drug-likeness (QED) is 0.441. The van der Waals surface area contributed by atoms with E-state index >= 15 is 0 Å². The molecule has 0 fully saturated rings. The number of H-pyrrole nitrogens is 1. The number of nitrogens with two attached hydrogens (primary N) is 1. The van der Waals surface area contributed by atoms with Crippen LogP contribution >= 0.6 is 0 Å². The van der Waals surface area contributed by atoms with Gasteiger partial charge in [-0.1, -0.05) is 0 Å². The van der Waals surface area contributed by atoms with Crippen LogP contribution in [0.15, 0.2) is 30.6 Å². The molecule has 0 unspecified atom stereocenters. The molecule has 0 aliphatic rings. The van der Waals surface area contributed by atoms with Crippen molar-refractivity contribution in [2.45, 2.75) is 6.42 Å². The number of aromatic amines is 1. The molecule has 2 aromatic rings. The lowest BCUT2D eigenvalue weighted by atomic mass is 10.2. The Morgan fingerprint density at radius 1 is 1.33 bits per heavy atom. The standard InChI is InChI=1S/C11H14N6O/c12-16-9-3-1-8(2-4-9)11(18)13-6-5-10-14-7-15-17-10/h1-4,7,16H,5-6,12H2,(H,13,18)(H,14,15,17). The Kier molecular flexibility index (Phi) is 3.87. The average molecular weight is 246 g/mol. The normalized spacial score (nSPS) is 10.1. The lowest BCUT2D eigenvalue weighted by molar-refractivity contribution is 0.0954. The SMILES string of the molecule is NNc1ccc(C(=O)NCCc2ncn[nH]2)cc1. The number of hydrogen-bond acceptors (Lipinski definition) is 5. The van der Waals surface area contributed by atoms with Crippen LogP contribution in [-0.2, 0) is 6.42 Å². The second-order valence-corrected chi connectivity index (χ2v) is 3.66. The van der Waals surface area contributed by atoms with E-state index in [9.17, 15) is 4.79 Å². The molecule has 0 bridgehead atoms. The Labute approximate surface area is 104 Å². The van der Waals surface area contributed by atoms with Crippen molar-refractivity contribution in [3.63, 3.8) is 0 Å². The van der Waals surface area contributed by atoms with Crippen molar-refractivity contribution in [2.75, 3.05) is 12.0 Å². The van der Waals surface area contributed by atoms with Crippen LogP contribution in [0.25, 0.3) is 0 Å². The summed E-state index contributed by atoms with van der Waals surface area (Å²) < 4.78 is 0. The molecule has 0 spiro atoms. The van der Waals surface area contributed by atoms with Crippen molar-refractivity contribution in [1.29, 1.82) is 0 Å². The first-order chi connectivity index (χ1) is 8.79. The summed E-state index contributed by atoms with van der Waals surface area (Å²) in [5.74, 6) is 5.86. The van der Waals surface area contributed by atoms with Crippen molar-refractivity contribution >= 4 is 11.6 Å². The molecule has 0 aliphatic carbocycles. The molecule has 0 saturated carbocycles. The fraction of sp³-hybridized carbons (Fsp3) is 0.182. The second kappa shape index (κ2) is 5.78. The van der Waals surface area contributed by atoms with Gasteiger partial charge in [-0.3, -0.25) is 15.7 Å². The number of rotatable bonds is 5. The number of benzene rings is 1. The van der Waals surface area contributed by atoms with E-state index in [0.29, 0.717) is 18.5 Å². The van der Waals surface area contributed by atoms with Gasteiger partial charge in [0.2, 0.25) is 0 Å². The maximum absolute atomic E-state index is 11.8. The van der Waals surface area contributed by atoms with Gasteiger partial charge < -0.3 is 10.7 Å². The Bertz CT molecular complexity index is 493. The van der Waals surface area contributed by atoms with Gasteiger partial charge in [-0.2, -0.15) is 5.10 Å². The van der Waals surface area contributed by atoms with E-state index < -0.39 is 0 Å². The molecule has 0 atom stereocenters. The summed E-state index contributed by atoms with van der Waals surface area (Å²) in [6, 6.07) is 6.90. The first kappa shape index (κ1) is 12.1. The van der Waals surface area contributed by atoms with Crippen molar-refractivity contribution in [3.05, 3.63) is 42.0 Å². The molecule has 0 radical (unpaired) electrons. The van der Waals surface area contributed by atoms with Gasteiger partial charge in [0.05, 0.1) is 0 Å². The van der Waals surface area contributed by atoms with Crippen LogP contribution in [0.1, 0.15) is 16.2 Å². The molecule has 2 rings (SSSR count). The number of amides is 1. The largest absolute Gasteiger partial charge is 0.352 e. The molecule has 1 amide bonds. The first-order valence-corrected chi connectivity index (χ1v) is 5.48. The van der Waals surface area contributed by atoms with Gasteiger partial charge in [0, 0.05) is 24.2 Å². The van der Waals surface area contributed by atoms with E-state index in [1.54, 1.807) is 24.3 Å². The summed E-state index contributed by atoms with van der Waals surface area (Å²) in [6.07, 6.45) is 2.06. The molecular weight excluding hydrogens is 232 g/mol. The third kappa shape index (κ3) is 3.05. The summed E-state index contributed by atoms with van der Waals surface area (Å²) in [7, 11) is 0. The molecule has 0 saturated heterocycles. The number of nitrogen functional groups attached to an aromatic ring is 1. The summed E-state index contributed by atoms with van der Waals surface area (Å²) in [5.41, 5.74) is 3.85. The van der Waals surface area contributed by atoms with Gasteiger partial charge in [-0.25, -0.2) is 4.98 Å². The topological polar surface area (TPSA) is 109 Å². The highest BCUT2D eigenvalue weighted by Crippen LogP contribution is 2.07. The van der Waals surface area contributed by atoms with Gasteiger partial charge in [0.25, 0.3) is 5.91 Å². The van der Waals surface area contributed by atoms with Crippen molar-refractivity contribution in [3.8, 4) is 0 Å². The van der Waals surface area contributed by atoms with Crippen LogP contribution < -0.4 is 16.6 Å². The Balaban J connectivity index is 1.83. The number of nitrogens with one attached hydrogen (secondary N) is 3. The average Bonchev–Trinajstić information content (AvgIpc) is 2.92. The van der Waals surface area contributed by atoms with Gasteiger partial charge >= 0.3 is 0 Å². The number of carbonyl (C=O) groups excluding carboxylic acids is 1. The number of hydrazine groups is 1. The number of carbonyl (C=O) groups is 1. The zero-order valence-electron chi connectivity index (χ0n) is 9.68. The van der Waals surface area contributed by atoms with E-state index in [1.807, 2.05) is 0 Å². The van der Waals surface area contributed by atoms with Crippen LogP contribution in [0.5, 0.6) is 0 Å². The molecular formula is C11H14N6O. The Hall–Kier alpha value is -2.41. The van der Waals surface area contributed by atoms with Gasteiger partial charge in [0.1, 0.15) is 12.2 Å². The lowest BCUT2D eigenvalue weighted by Gasteiger charge is -2.05. The number of nitrogens with zero attached hydrogens (tertiary/aromatic N) is 2. The van der Waals surface area contributed by atoms with Crippen molar-refractivity contribution < 1.29 is 4.79 Å². The number of hydrogen-bond donors (Lipinski definition) is 4. The number of aromatic nitrogens is 3. The van der Waals surface area contributed by atoms with Crippen LogP contribution in [0, 0.1) is 0 Å². The van der Waals surface area contributed by atoms with Crippen LogP contribution in [0.3, 0.4) is 0 Å². The first-order valence-electron chi connectivity index (χ1n) is 5.48. The minimum absolute atomic E-state index is 0.127. The molecule has 0 aliphatic heterocycles.